The number of carbonyl (C=O) groups excluding carboxylic acids is 2. The number of benzene rings is 3. The Bertz CT molecular complexity index is 957. The quantitative estimate of drug-likeness (QED) is 0.562. The summed E-state index contributed by atoms with van der Waals surface area (Å²) in [6.45, 7) is 0. The molecule has 0 bridgehead atoms. The zero-order valence-electron chi connectivity index (χ0n) is 14.2. The fourth-order valence-electron chi connectivity index (χ4n) is 2.54. The number of ether oxygens (including phenoxy) is 1. The molecule has 0 aliphatic heterocycles. The van der Waals surface area contributed by atoms with Crippen molar-refractivity contribution in [1.82, 2.24) is 10.9 Å². The number of rotatable bonds is 4. The van der Waals surface area contributed by atoms with Gasteiger partial charge in [0.25, 0.3) is 11.8 Å². The second kappa shape index (κ2) is 7.98. The van der Waals surface area contributed by atoms with Gasteiger partial charge in [0.05, 0.1) is 7.11 Å². The van der Waals surface area contributed by atoms with Crippen LogP contribution < -0.4 is 15.6 Å². The summed E-state index contributed by atoms with van der Waals surface area (Å²) in [5.74, 6) is -0.164. The van der Waals surface area contributed by atoms with E-state index in [0.717, 1.165) is 16.3 Å². The molecule has 0 aliphatic rings. The van der Waals surface area contributed by atoms with Crippen molar-refractivity contribution in [2.75, 3.05) is 7.11 Å². The minimum Gasteiger partial charge on any atom is -0.497 e. The normalized spacial score (nSPS) is 10.7. The maximum absolute atomic E-state index is 12.0. The molecular weight excluding hydrogens is 328 g/mol. The second-order valence-corrected chi connectivity index (χ2v) is 5.57. The van der Waals surface area contributed by atoms with Gasteiger partial charge in [0.2, 0.25) is 0 Å². The maximum atomic E-state index is 12.0. The molecule has 3 aromatic rings. The minimum absolute atomic E-state index is 0.403. The van der Waals surface area contributed by atoms with Crippen LogP contribution in [0.2, 0.25) is 0 Å². The first-order chi connectivity index (χ1) is 12.7. The molecule has 0 unspecified atom stereocenters. The molecule has 5 heteroatoms. The fraction of sp³-hybridized carbons (Fsp3) is 0.0476. The smallest absolute Gasteiger partial charge is 0.269 e. The van der Waals surface area contributed by atoms with E-state index < -0.39 is 11.8 Å². The third-order valence-electron chi connectivity index (χ3n) is 3.89. The van der Waals surface area contributed by atoms with Crippen molar-refractivity contribution < 1.29 is 14.3 Å². The summed E-state index contributed by atoms with van der Waals surface area (Å²) in [4.78, 5) is 24.0. The minimum atomic E-state index is -0.417. The Morgan fingerprint density at radius 3 is 2.38 bits per heavy atom. The van der Waals surface area contributed by atoms with E-state index in [9.17, 15) is 9.59 Å². The van der Waals surface area contributed by atoms with Gasteiger partial charge in [-0.1, -0.05) is 42.5 Å². The summed E-state index contributed by atoms with van der Waals surface area (Å²) < 4.78 is 5.04. The van der Waals surface area contributed by atoms with Gasteiger partial charge in [-0.05, 0) is 46.7 Å². The first kappa shape index (κ1) is 17.2. The van der Waals surface area contributed by atoms with E-state index in [0.29, 0.717) is 11.3 Å². The monoisotopic (exact) mass is 346 g/mol. The van der Waals surface area contributed by atoms with Gasteiger partial charge in [0.1, 0.15) is 5.75 Å². The highest BCUT2D eigenvalue weighted by molar-refractivity contribution is 5.99. The Morgan fingerprint density at radius 2 is 1.62 bits per heavy atom. The van der Waals surface area contributed by atoms with Crippen LogP contribution in [-0.4, -0.2) is 18.9 Å². The molecule has 5 nitrogen and oxygen atoms in total. The van der Waals surface area contributed by atoms with E-state index in [2.05, 4.69) is 10.9 Å². The fourth-order valence-corrected chi connectivity index (χ4v) is 2.54. The Balaban J connectivity index is 1.61. The molecule has 0 spiro atoms. The number of hydrazine groups is 1. The molecule has 3 rings (SSSR count). The first-order valence-corrected chi connectivity index (χ1v) is 8.07. The van der Waals surface area contributed by atoms with E-state index in [1.165, 1.54) is 6.08 Å². The average Bonchev–Trinajstić information content (AvgIpc) is 2.70. The highest BCUT2D eigenvalue weighted by Crippen LogP contribution is 2.19. The van der Waals surface area contributed by atoms with Gasteiger partial charge >= 0.3 is 0 Å². The van der Waals surface area contributed by atoms with E-state index in [1.807, 2.05) is 42.5 Å². The third kappa shape index (κ3) is 4.08. The van der Waals surface area contributed by atoms with Crippen molar-refractivity contribution in [3.63, 3.8) is 0 Å². The highest BCUT2D eigenvalue weighted by Gasteiger charge is 2.06. The molecule has 2 amide bonds. The number of methoxy groups -OCH3 is 1. The Kier molecular flexibility index (Phi) is 5.29. The van der Waals surface area contributed by atoms with Crippen LogP contribution in [0.3, 0.4) is 0 Å². The molecule has 0 radical (unpaired) electrons. The van der Waals surface area contributed by atoms with Crippen LogP contribution in [-0.2, 0) is 4.79 Å². The summed E-state index contributed by atoms with van der Waals surface area (Å²) in [7, 11) is 1.55. The van der Waals surface area contributed by atoms with Gasteiger partial charge in [-0.25, -0.2) is 0 Å². The van der Waals surface area contributed by atoms with Crippen LogP contribution >= 0.6 is 0 Å². The van der Waals surface area contributed by atoms with E-state index in [4.69, 9.17) is 4.74 Å². The molecule has 0 heterocycles. The van der Waals surface area contributed by atoms with Crippen molar-refractivity contribution >= 4 is 28.7 Å². The summed E-state index contributed by atoms with van der Waals surface area (Å²) >= 11 is 0. The van der Waals surface area contributed by atoms with Crippen molar-refractivity contribution in [3.05, 3.63) is 83.9 Å². The summed E-state index contributed by atoms with van der Waals surface area (Å²) in [6.07, 6.45) is 3.10. The summed E-state index contributed by atoms with van der Waals surface area (Å²) in [5.41, 5.74) is 6.10. The lowest BCUT2D eigenvalue weighted by Gasteiger charge is -2.06. The third-order valence-corrected chi connectivity index (χ3v) is 3.89. The number of hydrogen-bond acceptors (Lipinski definition) is 3. The molecular formula is C21H18N2O3. The number of hydrogen-bond donors (Lipinski definition) is 2. The second-order valence-electron chi connectivity index (χ2n) is 5.57. The number of fused-ring (bicyclic) bond motifs is 1. The molecule has 3 aromatic carbocycles. The SMILES string of the molecule is COc1ccc(C(=O)NNC(=O)/C=C/c2cccc3ccccc23)cc1. The Labute approximate surface area is 151 Å². The number of amides is 2. The van der Waals surface area contributed by atoms with Gasteiger partial charge < -0.3 is 4.74 Å². The topological polar surface area (TPSA) is 67.4 Å². The van der Waals surface area contributed by atoms with Crippen molar-refractivity contribution in [2.24, 2.45) is 0 Å². The molecule has 0 fully saturated rings. The van der Waals surface area contributed by atoms with Crippen LogP contribution in [0.1, 0.15) is 15.9 Å². The predicted molar refractivity (Wildman–Crippen MR) is 102 cm³/mol. The van der Waals surface area contributed by atoms with Gasteiger partial charge in [0.15, 0.2) is 0 Å². The average molecular weight is 346 g/mol. The molecule has 2 N–H and O–H groups in total. The van der Waals surface area contributed by atoms with Gasteiger partial charge in [-0.2, -0.15) is 0 Å². The molecule has 0 atom stereocenters. The van der Waals surface area contributed by atoms with Gasteiger partial charge in [-0.3, -0.25) is 20.4 Å². The lowest BCUT2D eigenvalue weighted by atomic mass is 10.0. The van der Waals surface area contributed by atoms with Crippen LogP contribution in [0, 0.1) is 0 Å². The zero-order chi connectivity index (χ0) is 18.4. The van der Waals surface area contributed by atoms with Crippen LogP contribution in [0.5, 0.6) is 5.75 Å². The maximum Gasteiger partial charge on any atom is 0.269 e. The van der Waals surface area contributed by atoms with Crippen LogP contribution in [0.4, 0.5) is 0 Å². The molecule has 26 heavy (non-hydrogen) atoms. The van der Waals surface area contributed by atoms with Gasteiger partial charge in [-0.15, -0.1) is 0 Å². The van der Waals surface area contributed by atoms with E-state index >= 15 is 0 Å². The molecule has 0 aromatic heterocycles. The zero-order valence-corrected chi connectivity index (χ0v) is 14.2. The largest absolute Gasteiger partial charge is 0.497 e. The van der Waals surface area contributed by atoms with Crippen LogP contribution in [0.25, 0.3) is 16.8 Å². The standard InChI is InChI=1S/C21H18N2O3/c1-26-18-12-9-17(10-13-18)21(25)23-22-20(24)14-11-16-7-4-6-15-5-2-3-8-19(15)16/h2-14H,1H3,(H,22,24)(H,23,25)/b14-11+. The highest BCUT2D eigenvalue weighted by atomic mass is 16.5. The van der Waals surface area contributed by atoms with E-state index in [1.54, 1.807) is 37.5 Å². The predicted octanol–water partition coefficient (Wildman–Crippen LogP) is 3.32. The first-order valence-electron chi connectivity index (χ1n) is 8.07. The Morgan fingerprint density at radius 1 is 0.885 bits per heavy atom. The van der Waals surface area contributed by atoms with Crippen molar-refractivity contribution in [3.8, 4) is 5.75 Å². The molecule has 0 saturated carbocycles. The number of carbonyl (C=O) groups is 2. The van der Waals surface area contributed by atoms with Gasteiger partial charge in [0, 0.05) is 11.6 Å². The van der Waals surface area contributed by atoms with Crippen molar-refractivity contribution in [1.29, 1.82) is 0 Å². The van der Waals surface area contributed by atoms with Crippen LogP contribution in [0.15, 0.2) is 72.8 Å². The lowest BCUT2D eigenvalue weighted by molar-refractivity contribution is -0.117. The molecule has 0 aliphatic carbocycles. The summed E-state index contributed by atoms with van der Waals surface area (Å²) in [5, 5.41) is 2.16. The van der Waals surface area contributed by atoms with Crippen molar-refractivity contribution in [2.45, 2.75) is 0 Å². The Hall–Kier alpha value is -3.60. The van der Waals surface area contributed by atoms with E-state index in [-0.39, 0.29) is 0 Å². The lowest BCUT2D eigenvalue weighted by Crippen LogP contribution is -2.40. The molecule has 130 valence electrons. The summed E-state index contributed by atoms with van der Waals surface area (Å²) in [6, 6.07) is 20.4. The number of nitrogens with one attached hydrogen (secondary N) is 2. The molecule has 0 saturated heterocycles.